The van der Waals surface area contributed by atoms with Crippen LogP contribution in [0.1, 0.15) is 16.9 Å². The van der Waals surface area contributed by atoms with Crippen LogP contribution in [0.2, 0.25) is 0 Å². The fraction of sp³-hybridized carbons (Fsp3) is 0.500. The van der Waals surface area contributed by atoms with Gasteiger partial charge in [-0.3, -0.25) is 0 Å². The molecule has 2 N–H and O–H groups in total. The van der Waals surface area contributed by atoms with Gasteiger partial charge in [0.15, 0.2) is 11.8 Å². The number of anilines is 1. The maximum absolute atomic E-state index is 12.4. The van der Waals surface area contributed by atoms with Gasteiger partial charge in [-0.1, -0.05) is 6.07 Å². The van der Waals surface area contributed by atoms with Crippen molar-refractivity contribution in [1.82, 2.24) is 4.98 Å². The molecule has 2 heterocycles. The molecule has 8 heteroatoms. The summed E-state index contributed by atoms with van der Waals surface area (Å²) in [6, 6.07) is 4.33. The summed E-state index contributed by atoms with van der Waals surface area (Å²) < 4.78 is 37.3. The summed E-state index contributed by atoms with van der Waals surface area (Å²) >= 11 is 0. The molecule has 1 aromatic heterocycles. The van der Waals surface area contributed by atoms with E-state index in [4.69, 9.17) is 5.11 Å². The molecular formula is C12H13F3N2O3. The Morgan fingerprint density at radius 2 is 2.15 bits per heavy atom. The van der Waals surface area contributed by atoms with Gasteiger partial charge in [0, 0.05) is 19.0 Å². The number of carbonyl (C=O) groups is 1. The lowest BCUT2D eigenvalue weighted by molar-refractivity contribution is -0.217. The molecule has 20 heavy (non-hydrogen) atoms. The van der Waals surface area contributed by atoms with Crippen molar-refractivity contribution in [3.05, 3.63) is 23.9 Å². The van der Waals surface area contributed by atoms with Crippen LogP contribution in [0, 0.1) is 5.92 Å². The van der Waals surface area contributed by atoms with E-state index in [9.17, 15) is 23.1 Å². The van der Waals surface area contributed by atoms with Gasteiger partial charge in [-0.2, -0.15) is 13.2 Å². The van der Waals surface area contributed by atoms with Crippen molar-refractivity contribution in [3.63, 3.8) is 0 Å². The Morgan fingerprint density at radius 1 is 1.45 bits per heavy atom. The van der Waals surface area contributed by atoms with E-state index in [1.165, 1.54) is 18.2 Å². The molecular weight excluding hydrogens is 277 g/mol. The lowest BCUT2D eigenvalue weighted by atomic mass is 10.0. The topological polar surface area (TPSA) is 73.7 Å². The maximum atomic E-state index is 12.4. The molecule has 2 rings (SSSR count). The fourth-order valence-electron chi connectivity index (χ4n) is 2.24. The van der Waals surface area contributed by atoms with Crippen LogP contribution < -0.4 is 4.90 Å². The molecule has 0 amide bonds. The Labute approximate surface area is 112 Å². The van der Waals surface area contributed by atoms with Gasteiger partial charge in [-0.15, -0.1) is 0 Å². The smallest absolute Gasteiger partial charge is 0.414 e. The second kappa shape index (κ2) is 5.28. The van der Waals surface area contributed by atoms with Crippen LogP contribution in [0.3, 0.4) is 0 Å². The fourth-order valence-corrected chi connectivity index (χ4v) is 2.24. The average Bonchev–Trinajstić information content (AvgIpc) is 2.86. The Morgan fingerprint density at radius 3 is 2.75 bits per heavy atom. The van der Waals surface area contributed by atoms with Gasteiger partial charge < -0.3 is 15.1 Å². The van der Waals surface area contributed by atoms with Crippen molar-refractivity contribution in [2.24, 2.45) is 5.92 Å². The number of aromatic carboxylic acids is 1. The number of hydrogen-bond donors (Lipinski definition) is 2. The summed E-state index contributed by atoms with van der Waals surface area (Å²) in [6.07, 6.45) is -6.83. The van der Waals surface area contributed by atoms with E-state index in [1.807, 2.05) is 0 Å². The van der Waals surface area contributed by atoms with Crippen LogP contribution in [0.4, 0.5) is 19.0 Å². The van der Waals surface area contributed by atoms with Crippen LogP contribution in [-0.4, -0.2) is 46.5 Å². The molecule has 2 atom stereocenters. The van der Waals surface area contributed by atoms with Crippen molar-refractivity contribution in [1.29, 1.82) is 0 Å². The molecule has 1 saturated heterocycles. The first-order chi connectivity index (χ1) is 9.29. The lowest BCUT2D eigenvalue weighted by Gasteiger charge is -2.22. The number of rotatable bonds is 3. The molecule has 2 unspecified atom stereocenters. The zero-order valence-corrected chi connectivity index (χ0v) is 10.3. The number of aliphatic hydroxyl groups excluding tert-OH is 1. The van der Waals surface area contributed by atoms with E-state index in [1.54, 1.807) is 4.90 Å². The molecule has 1 fully saturated rings. The molecule has 0 radical (unpaired) electrons. The number of carboxylic acids is 1. The van der Waals surface area contributed by atoms with Crippen LogP contribution in [-0.2, 0) is 0 Å². The van der Waals surface area contributed by atoms with Crippen molar-refractivity contribution in [3.8, 4) is 0 Å². The van der Waals surface area contributed by atoms with E-state index in [0.29, 0.717) is 12.4 Å². The van der Waals surface area contributed by atoms with Gasteiger partial charge in [-0.05, 0) is 18.6 Å². The minimum Gasteiger partial charge on any atom is -0.477 e. The highest BCUT2D eigenvalue weighted by molar-refractivity contribution is 5.85. The largest absolute Gasteiger partial charge is 0.477 e. The molecule has 1 aliphatic heterocycles. The Hall–Kier alpha value is -1.83. The van der Waals surface area contributed by atoms with Crippen molar-refractivity contribution in [2.45, 2.75) is 18.7 Å². The number of aliphatic hydroxyl groups is 1. The van der Waals surface area contributed by atoms with Gasteiger partial charge in [0.05, 0.1) is 0 Å². The summed E-state index contributed by atoms with van der Waals surface area (Å²) in [5, 5.41) is 18.1. The third kappa shape index (κ3) is 3.01. The minimum atomic E-state index is -4.64. The first-order valence-corrected chi connectivity index (χ1v) is 5.99. The summed E-state index contributed by atoms with van der Waals surface area (Å²) in [4.78, 5) is 16.2. The second-order valence-corrected chi connectivity index (χ2v) is 4.67. The van der Waals surface area contributed by atoms with Gasteiger partial charge in [0.2, 0.25) is 0 Å². The lowest BCUT2D eigenvalue weighted by Crippen LogP contribution is -2.37. The van der Waals surface area contributed by atoms with Gasteiger partial charge in [0.25, 0.3) is 0 Å². The summed E-state index contributed by atoms with van der Waals surface area (Å²) in [5.41, 5.74) is -0.165. The van der Waals surface area contributed by atoms with E-state index in [-0.39, 0.29) is 18.7 Å². The number of aromatic nitrogens is 1. The average molecular weight is 290 g/mol. The number of hydrogen-bond acceptors (Lipinski definition) is 4. The highest BCUT2D eigenvalue weighted by Gasteiger charge is 2.45. The van der Waals surface area contributed by atoms with E-state index in [0.717, 1.165) is 0 Å². The van der Waals surface area contributed by atoms with E-state index in [2.05, 4.69) is 4.98 Å². The Bertz CT molecular complexity index is 507. The summed E-state index contributed by atoms with van der Waals surface area (Å²) in [7, 11) is 0. The first kappa shape index (κ1) is 14.6. The predicted molar refractivity (Wildman–Crippen MR) is 63.6 cm³/mol. The van der Waals surface area contributed by atoms with Crippen molar-refractivity contribution in [2.75, 3.05) is 18.0 Å². The van der Waals surface area contributed by atoms with Gasteiger partial charge >= 0.3 is 12.1 Å². The van der Waals surface area contributed by atoms with Gasteiger partial charge in [-0.25, -0.2) is 9.78 Å². The van der Waals surface area contributed by atoms with Crippen LogP contribution in [0.5, 0.6) is 0 Å². The number of pyridine rings is 1. The SMILES string of the molecule is O=C(O)c1cccc(N2CCC(C(O)C(F)(F)F)C2)n1. The van der Waals surface area contributed by atoms with Crippen LogP contribution >= 0.6 is 0 Å². The monoisotopic (exact) mass is 290 g/mol. The Balaban J connectivity index is 2.10. The second-order valence-electron chi connectivity index (χ2n) is 4.67. The molecule has 1 aliphatic rings. The first-order valence-electron chi connectivity index (χ1n) is 5.99. The molecule has 5 nitrogen and oxygen atoms in total. The molecule has 1 aromatic rings. The molecule has 0 spiro atoms. The van der Waals surface area contributed by atoms with E-state index < -0.39 is 24.2 Å². The molecule has 110 valence electrons. The zero-order valence-electron chi connectivity index (χ0n) is 10.3. The maximum Gasteiger partial charge on any atom is 0.414 e. The normalized spacial score (nSPS) is 21.0. The molecule has 0 aliphatic carbocycles. The summed E-state index contributed by atoms with van der Waals surface area (Å²) in [6.45, 7) is 0.296. The number of nitrogens with zero attached hydrogens (tertiary/aromatic N) is 2. The highest BCUT2D eigenvalue weighted by atomic mass is 19.4. The number of alkyl halides is 3. The van der Waals surface area contributed by atoms with E-state index >= 15 is 0 Å². The Kier molecular flexibility index (Phi) is 3.85. The van der Waals surface area contributed by atoms with Crippen molar-refractivity contribution < 1.29 is 28.2 Å². The van der Waals surface area contributed by atoms with Gasteiger partial charge in [0.1, 0.15) is 5.82 Å². The van der Waals surface area contributed by atoms with Crippen LogP contribution in [0.25, 0.3) is 0 Å². The van der Waals surface area contributed by atoms with Crippen molar-refractivity contribution >= 4 is 11.8 Å². The quantitative estimate of drug-likeness (QED) is 0.883. The standard InChI is InChI=1S/C12H13F3N2O3/c13-12(14,15)10(18)7-4-5-17(6-7)9-3-1-2-8(16-9)11(19)20/h1-3,7,10,18H,4-6H2,(H,19,20). The third-order valence-corrected chi connectivity index (χ3v) is 3.28. The van der Waals surface area contributed by atoms with Crippen LogP contribution in [0.15, 0.2) is 18.2 Å². The number of halogens is 3. The predicted octanol–water partition coefficient (Wildman–Crippen LogP) is 1.53. The zero-order chi connectivity index (χ0) is 14.9. The molecule has 0 aromatic carbocycles. The molecule has 0 bridgehead atoms. The minimum absolute atomic E-state index is 0.00323. The summed E-state index contributed by atoms with van der Waals surface area (Å²) in [5.74, 6) is -1.81. The molecule has 0 saturated carbocycles. The third-order valence-electron chi connectivity index (χ3n) is 3.28. The highest BCUT2D eigenvalue weighted by Crippen LogP contribution is 2.32. The number of carboxylic acid groups (broad SMARTS) is 1.